The van der Waals surface area contributed by atoms with Crippen LogP contribution in [0.2, 0.25) is 0 Å². The van der Waals surface area contributed by atoms with E-state index >= 15 is 0 Å². The fourth-order valence-electron chi connectivity index (χ4n) is 10.4. The normalized spacial score (nSPS) is 11.5. The van der Waals surface area contributed by atoms with E-state index in [-0.39, 0.29) is 0 Å². The van der Waals surface area contributed by atoms with Gasteiger partial charge in [-0.25, -0.2) is 0 Å². The molecular formula is C66H44N2O. The second-order valence-corrected chi connectivity index (χ2v) is 17.6. The summed E-state index contributed by atoms with van der Waals surface area (Å²) in [5.74, 6) is 0. The van der Waals surface area contributed by atoms with Gasteiger partial charge in [-0.15, -0.1) is 0 Å². The first-order valence-electron chi connectivity index (χ1n) is 23.6. The highest BCUT2D eigenvalue weighted by molar-refractivity contribution is 6.29. The molecule has 1 heterocycles. The fourth-order valence-corrected chi connectivity index (χ4v) is 10.4. The average molecular weight is 881 g/mol. The van der Waals surface area contributed by atoms with Crippen LogP contribution in [0.1, 0.15) is 0 Å². The van der Waals surface area contributed by atoms with Gasteiger partial charge in [0.25, 0.3) is 0 Å². The van der Waals surface area contributed by atoms with Crippen LogP contribution >= 0.6 is 0 Å². The van der Waals surface area contributed by atoms with E-state index in [1.165, 1.54) is 49.4 Å². The Hall–Kier alpha value is -9.18. The molecule has 0 fully saturated rings. The van der Waals surface area contributed by atoms with E-state index in [4.69, 9.17) is 4.42 Å². The SMILES string of the molecule is c1ccc(-c2ccc(N(c3ccc(-c4ccccc4)cc3)c3ccc(-c4ccc(N(c5ccccc5)c5cc6ccccc6c6c5oc5ccc7ccccc7c56)c5ccccc45)cc3)cc2)cc1. The maximum absolute atomic E-state index is 7.03. The molecule has 13 aromatic rings. The van der Waals surface area contributed by atoms with Crippen molar-refractivity contribution in [3.05, 3.63) is 267 Å². The number of hydrogen-bond acceptors (Lipinski definition) is 3. The molecule has 1 aromatic heterocycles. The molecule has 13 rings (SSSR count). The van der Waals surface area contributed by atoms with Crippen LogP contribution in [0.25, 0.3) is 87.6 Å². The molecule has 0 saturated carbocycles. The highest BCUT2D eigenvalue weighted by Gasteiger charge is 2.25. The summed E-state index contributed by atoms with van der Waals surface area (Å²) in [6.45, 7) is 0. The second-order valence-electron chi connectivity index (χ2n) is 17.6. The Morgan fingerprint density at radius 2 is 0.710 bits per heavy atom. The number of anilines is 6. The predicted molar refractivity (Wildman–Crippen MR) is 292 cm³/mol. The molecule has 0 bridgehead atoms. The van der Waals surface area contributed by atoms with Crippen molar-refractivity contribution in [3.63, 3.8) is 0 Å². The zero-order valence-electron chi connectivity index (χ0n) is 37.7. The van der Waals surface area contributed by atoms with Crippen LogP contribution in [-0.2, 0) is 0 Å². The van der Waals surface area contributed by atoms with Gasteiger partial charge in [-0.05, 0) is 127 Å². The third kappa shape index (κ3) is 7.08. The highest BCUT2D eigenvalue weighted by Crippen LogP contribution is 2.49. The molecule has 3 nitrogen and oxygen atoms in total. The molecule has 0 radical (unpaired) electrons. The molecule has 0 amide bonds. The minimum atomic E-state index is 0.863. The monoisotopic (exact) mass is 880 g/mol. The van der Waals surface area contributed by atoms with Crippen LogP contribution in [-0.4, -0.2) is 0 Å². The molecule has 3 heteroatoms. The number of nitrogens with zero attached hydrogens (tertiary/aromatic N) is 2. The van der Waals surface area contributed by atoms with Gasteiger partial charge in [0, 0.05) is 38.9 Å². The van der Waals surface area contributed by atoms with Crippen molar-refractivity contribution in [2.24, 2.45) is 0 Å². The van der Waals surface area contributed by atoms with Gasteiger partial charge in [0.1, 0.15) is 5.58 Å². The zero-order chi connectivity index (χ0) is 45.7. The van der Waals surface area contributed by atoms with E-state index in [0.29, 0.717) is 0 Å². The lowest BCUT2D eigenvalue weighted by atomic mass is 9.95. The Balaban J connectivity index is 0.938. The lowest BCUT2D eigenvalue weighted by Crippen LogP contribution is -2.11. The van der Waals surface area contributed by atoms with Crippen molar-refractivity contribution < 1.29 is 4.42 Å². The standard InChI is InChI=1S/C66H44N2O/c1-4-16-45(17-5-1)47-28-35-53(36-29-47)67(54-37-30-48(31-38-54)46-18-6-2-7-19-46)55-39-32-50(33-40-55)56-41-42-61(60-27-15-14-26-59(56)60)68(52-22-8-3-9-23-52)62-44-51-21-11-13-25-58(51)65-64-57-24-12-10-20-49(57)34-43-63(64)69-66(62)65/h1-44H. The van der Waals surface area contributed by atoms with Crippen LogP contribution in [0.5, 0.6) is 0 Å². The van der Waals surface area contributed by atoms with Gasteiger partial charge in [-0.2, -0.15) is 0 Å². The summed E-state index contributed by atoms with van der Waals surface area (Å²) in [4.78, 5) is 4.73. The van der Waals surface area contributed by atoms with Crippen molar-refractivity contribution in [2.75, 3.05) is 9.80 Å². The molecular weight excluding hydrogens is 837 g/mol. The molecule has 324 valence electrons. The fraction of sp³-hybridized carbons (Fsp3) is 0. The van der Waals surface area contributed by atoms with E-state index in [0.717, 1.165) is 72.4 Å². The van der Waals surface area contributed by atoms with Crippen LogP contribution < -0.4 is 9.80 Å². The summed E-state index contributed by atoms with van der Waals surface area (Å²) in [7, 11) is 0. The molecule has 0 saturated heterocycles. The van der Waals surface area contributed by atoms with Crippen LogP contribution in [0.3, 0.4) is 0 Å². The van der Waals surface area contributed by atoms with Crippen LogP contribution in [0.4, 0.5) is 34.1 Å². The molecule has 0 aliphatic rings. The van der Waals surface area contributed by atoms with Gasteiger partial charge in [-0.3, -0.25) is 0 Å². The Morgan fingerprint density at radius 1 is 0.261 bits per heavy atom. The molecule has 0 spiro atoms. The zero-order valence-corrected chi connectivity index (χ0v) is 37.7. The lowest BCUT2D eigenvalue weighted by molar-refractivity contribution is 0.669. The number of hydrogen-bond donors (Lipinski definition) is 0. The van der Waals surface area contributed by atoms with Gasteiger partial charge >= 0.3 is 0 Å². The number of fused-ring (bicyclic) bond motifs is 8. The summed E-state index contributed by atoms with van der Waals surface area (Å²) in [5.41, 5.74) is 15.2. The molecule has 69 heavy (non-hydrogen) atoms. The Labute approximate surface area is 401 Å². The Kier molecular flexibility index (Phi) is 9.84. The Morgan fingerprint density at radius 3 is 1.30 bits per heavy atom. The first kappa shape index (κ1) is 40.1. The first-order chi connectivity index (χ1) is 34.2. The van der Waals surface area contributed by atoms with E-state index in [1.807, 2.05) is 0 Å². The predicted octanol–water partition coefficient (Wildman–Crippen LogP) is 19.0. The molecule has 0 aliphatic heterocycles. The molecule has 0 N–H and O–H groups in total. The van der Waals surface area contributed by atoms with Gasteiger partial charge in [-0.1, -0.05) is 200 Å². The van der Waals surface area contributed by atoms with E-state index in [2.05, 4.69) is 277 Å². The average Bonchev–Trinajstić information content (AvgIpc) is 3.84. The van der Waals surface area contributed by atoms with Gasteiger partial charge in [0.05, 0.1) is 11.4 Å². The van der Waals surface area contributed by atoms with Crippen LogP contribution in [0.15, 0.2) is 271 Å². The van der Waals surface area contributed by atoms with Crippen molar-refractivity contribution in [1.82, 2.24) is 0 Å². The summed E-state index contributed by atoms with van der Waals surface area (Å²) < 4.78 is 7.03. The van der Waals surface area contributed by atoms with Gasteiger partial charge in [0.2, 0.25) is 0 Å². The van der Waals surface area contributed by atoms with Crippen molar-refractivity contribution in [3.8, 4) is 33.4 Å². The third-order valence-corrected chi connectivity index (χ3v) is 13.6. The van der Waals surface area contributed by atoms with E-state index < -0.39 is 0 Å². The van der Waals surface area contributed by atoms with E-state index in [1.54, 1.807) is 0 Å². The number of para-hydroxylation sites is 1. The number of furan rings is 1. The maximum Gasteiger partial charge on any atom is 0.160 e. The topological polar surface area (TPSA) is 19.6 Å². The summed E-state index contributed by atoms with van der Waals surface area (Å²) in [5, 5.41) is 9.30. The quantitative estimate of drug-likeness (QED) is 0.144. The highest BCUT2D eigenvalue weighted by atomic mass is 16.3. The summed E-state index contributed by atoms with van der Waals surface area (Å²) >= 11 is 0. The molecule has 12 aromatic carbocycles. The largest absolute Gasteiger partial charge is 0.454 e. The van der Waals surface area contributed by atoms with Gasteiger partial charge in [0.15, 0.2) is 5.58 Å². The number of benzene rings is 12. The Bertz CT molecular complexity index is 3890. The van der Waals surface area contributed by atoms with Gasteiger partial charge < -0.3 is 14.2 Å². The second kappa shape index (κ2) is 16.9. The minimum Gasteiger partial charge on any atom is -0.454 e. The van der Waals surface area contributed by atoms with Crippen molar-refractivity contribution in [1.29, 1.82) is 0 Å². The minimum absolute atomic E-state index is 0.863. The van der Waals surface area contributed by atoms with Crippen molar-refractivity contribution >= 4 is 88.4 Å². The molecule has 0 aliphatic carbocycles. The van der Waals surface area contributed by atoms with E-state index in [9.17, 15) is 0 Å². The smallest absolute Gasteiger partial charge is 0.160 e. The molecule has 0 atom stereocenters. The summed E-state index contributed by atoms with van der Waals surface area (Å²) in [6, 6.07) is 95.9. The first-order valence-corrected chi connectivity index (χ1v) is 23.6. The lowest BCUT2D eigenvalue weighted by Gasteiger charge is -2.28. The maximum atomic E-state index is 7.03. The molecule has 0 unspecified atom stereocenters. The summed E-state index contributed by atoms with van der Waals surface area (Å²) in [6.07, 6.45) is 0. The van der Waals surface area contributed by atoms with Crippen molar-refractivity contribution in [2.45, 2.75) is 0 Å². The third-order valence-electron chi connectivity index (χ3n) is 13.6. The van der Waals surface area contributed by atoms with Crippen LogP contribution in [0, 0.1) is 0 Å². The number of rotatable bonds is 9.